The highest BCUT2D eigenvalue weighted by atomic mass is 79.9. The number of anilines is 1. The zero-order chi connectivity index (χ0) is 25.2. The molecule has 9 nitrogen and oxygen atoms in total. The summed E-state index contributed by atoms with van der Waals surface area (Å²) in [6.45, 7) is 0.395. The molecule has 188 valence electrons. The van der Waals surface area contributed by atoms with Crippen LogP contribution in [-0.2, 0) is 12.1 Å². The van der Waals surface area contributed by atoms with E-state index in [1.54, 1.807) is 27.7 Å². The molecule has 4 bridgehead atoms. The first-order valence-electron chi connectivity index (χ1n) is 11.9. The van der Waals surface area contributed by atoms with Crippen LogP contribution in [0.1, 0.15) is 54.6 Å². The molecule has 4 aliphatic carbocycles. The number of carbonyl (C=O) groups is 1. The maximum atomic E-state index is 13.2. The molecule has 0 saturated heterocycles. The summed E-state index contributed by atoms with van der Waals surface area (Å²) in [5.41, 5.74) is 0.179. The second-order valence-electron chi connectivity index (χ2n) is 10.4. The van der Waals surface area contributed by atoms with Gasteiger partial charge in [0.25, 0.3) is 5.91 Å². The van der Waals surface area contributed by atoms with Crippen LogP contribution >= 0.6 is 39.1 Å². The van der Waals surface area contributed by atoms with E-state index in [0.717, 1.165) is 24.8 Å². The standard InChI is InChI=1S/C24H23BrCl2N6O3/c25-17-11-31(10-13-1-2-18(26)19(27)6-13)30-22(17)28-23(34)21-20(33(35)36)12-32(29-21)24-7-14-3-15(8-24)5-16(4-14)9-24/h1-2,6,11-12,14-16H,3-5,7-10H2,(H,28,30,34). The molecular formula is C24H23BrCl2N6O3. The average Bonchev–Trinajstić information content (AvgIpc) is 3.40. The Balaban J connectivity index is 1.25. The number of benzene rings is 1. The van der Waals surface area contributed by atoms with Gasteiger partial charge in [0.05, 0.1) is 31.5 Å². The normalized spacial score (nSPS) is 26.4. The monoisotopic (exact) mass is 592 g/mol. The Kier molecular flexibility index (Phi) is 5.88. The van der Waals surface area contributed by atoms with Crippen LogP contribution in [-0.4, -0.2) is 30.4 Å². The largest absolute Gasteiger partial charge is 0.320 e. The third-order valence-corrected chi connectivity index (χ3v) is 9.20. The van der Waals surface area contributed by atoms with E-state index in [-0.39, 0.29) is 22.7 Å². The van der Waals surface area contributed by atoms with Crippen LogP contribution in [0.25, 0.3) is 0 Å². The molecular weight excluding hydrogens is 571 g/mol. The zero-order valence-corrected chi connectivity index (χ0v) is 22.3. The van der Waals surface area contributed by atoms with E-state index in [4.69, 9.17) is 23.2 Å². The van der Waals surface area contributed by atoms with Crippen LogP contribution in [0.4, 0.5) is 11.5 Å². The number of halogens is 3. The summed E-state index contributed by atoms with van der Waals surface area (Å²) in [5.74, 6) is 1.52. The fourth-order valence-electron chi connectivity index (χ4n) is 6.80. The molecule has 1 amide bonds. The molecule has 2 aromatic heterocycles. The van der Waals surface area contributed by atoms with Gasteiger partial charge in [-0.25, -0.2) is 0 Å². The first kappa shape index (κ1) is 23.9. The van der Waals surface area contributed by atoms with Crippen molar-refractivity contribution in [1.29, 1.82) is 0 Å². The SMILES string of the molecule is O=C(Nc1nn(Cc2ccc(Cl)c(Cl)c2)cc1Br)c1nn(C23CC4CC(CC(C4)C2)C3)cc1[N+](=O)[O-]. The van der Waals surface area contributed by atoms with Crippen molar-refractivity contribution in [2.45, 2.75) is 50.6 Å². The van der Waals surface area contributed by atoms with Crippen LogP contribution in [0, 0.1) is 27.9 Å². The van der Waals surface area contributed by atoms with Crippen molar-refractivity contribution in [3.63, 3.8) is 0 Å². The fraction of sp³-hybridized carbons (Fsp3) is 0.458. The zero-order valence-electron chi connectivity index (χ0n) is 19.2. The van der Waals surface area contributed by atoms with Gasteiger partial charge in [-0.15, -0.1) is 0 Å². The lowest BCUT2D eigenvalue weighted by atomic mass is 9.53. The van der Waals surface area contributed by atoms with Gasteiger partial charge in [-0.1, -0.05) is 29.3 Å². The summed E-state index contributed by atoms with van der Waals surface area (Å²) in [5, 5.41) is 24.4. The fourth-order valence-corrected chi connectivity index (χ4v) is 7.54. The lowest BCUT2D eigenvalue weighted by molar-refractivity contribution is -0.385. The number of nitrogens with one attached hydrogen (secondary N) is 1. The minimum Gasteiger partial charge on any atom is -0.302 e. The molecule has 4 aliphatic rings. The Labute approximate surface area is 225 Å². The van der Waals surface area contributed by atoms with Gasteiger partial charge in [-0.05, 0) is 89.9 Å². The average molecular weight is 594 g/mol. The topological polar surface area (TPSA) is 108 Å². The van der Waals surface area contributed by atoms with E-state index in [1.165, 1.54) is 25.5 Å². The number of nitro groups is 1. The Hall–Kier alpha value is -2.43. The molecule has 0 radical (unpaired) electrons. The summed E-state index contributed by atoms with van der Waals surface area (Å²) in [4.78, 5) is 24.5. The van der Waals surface area contributed by atoms with Gasteiger partial charge in [-0.2, -0.15) is 10.2 Å². The van der Waals surface area contributed by atoms with E-state index in [9.17, 15) is 14.9 Å². The second-order valence-corrected chi connectivity index (χ2v) is 12.1. The van der Waals surface area contributed by atoms with Gasteiger partial charge in [0.15, 0.2) is 5.82 Å². The quantitative estimate of drug-likeness (QED) is 0.267. The molecule has 4 saturated carbocycles. The van der Waals surface area contributed by atoms with Crippen molar-refractivity contribution in [1.82, 2.24) is 19.6 Å². The van der Waals surface area contributed by atoms with E-state index in [0.29, 0.717) is 38.8 Å². The number of carbonyl (C=O) groups excluding carboxylic acids is 1. The third kappa shape index (κ3) is 4.22. The minimum absolute atomic E-state index is 0.193. The van der Waals surface area contributed by atoms with Gasteiger partial charge in [-0.3, -0.25) is 24.3 Å². The molecule has 0 unspecified atom stereocenters. The van der Waals surface area contributed by atoms with Crippen LogP contribution in [0.15, 0.2) is 35.1 Å². The van der Waals surface area contributed by atoms with E-state index >= 15 is 0 Å². The third-order valence-electron chi connectivity index (χ3n) is 7.88. The maximum Gasteiger partial charge on any atom is 0.320 e. The highest BCUT2D eigenvalue weighted by Crippen LogP contribution is 2.58. The summed E-state index contributed by atoms with van der Waals surface area (Å²) in [6.07, 6.45) is 9.83. The van der Waals surface area contributed by atoms with Crippen LogP contribution in [0.2, 0.25) is 10.0 Å². The van der Waals surface area contributed by atoms with Gasteiger partial charge in [0.1, 0.15) is 6.20 Å². The van der Waals surface area contributed by atoms with Crippen molar-refractivity contribution in [3.05, 3.63) is 66.5 Å². The molecule has 36 heavy (non-hydrogen) atoms. The Morgan fingerprint density at radius 1 is 1.11 bits per heavy atom. The van der Waals surface area contributed by atoms with Crippen molar-refractivity contribution in [2.75, 3.05) is 5.32 Å². The molecule has 0 atom stereocenters. The number of hydrogen-bond donors (Lipinski definition) is 1. The van der Waals surface area contributed by atoms with Crippen LogP contribution in [0.5, 0.6) is 0 Å². The molecule has 7 rings (SSSR count). The number of hydrogen-bond acceptors (Lipinski definition) is 5. The molecule has 4 fully saturated rings. The van der Waals surface area contributed by atoms with Crippen molar-refractivity contribution in [2.24, 2.45) is 17.8 Å². The Bertz CT molecular complexity index is 1350. The van der Waals surface area contributed by atoms with Crippen molar-refractivity contribution >= 4 is 56.5 Å². The highest BCUT2D eigenvalue weighted by molar-refractivity contribution is 9.10. The lowest BCUT2D eigenvalue weighted by Gasteiger charge is -2.56. The van der Waals surface area contributed by atoms with Gasteiger partial charge >= 0.3 is 5.69 Å². The van der Waals surface area contributed by atoms with Gasteiger partial charge in [0, 0.05) is 6.20 Å². The summed E-state index contributed by atoms with van der Waals surface area (Å²) >= 11 is 15.5. The van der Waals surface area contributed by atoms with Gasteiger partial charge in [0.2, 0.25) is 5.69 Å². The molecule has 1 N–H and O–H groups in total. The van der Waals surface area contributed by atoms with Crippen LogP contribution < -0.4 is 5.32 Å². The molecule has 0 spiro atoms. The minimum atomic E-state index is -0.661. The molecule has 2 heterocycles. The van der Waals surface area contributed by atoms with Crippen molar-refractivity contribution in [3.8, 4) is 0 Å². The first-order chi connectivity index (χ1) is 17.2. The van der Waals surface area contributed by atoms with E-state index in [2.05, 4.69) is 31.4 Å². The Morgan fingerprint density at radius 3 is 2.39 bits per heavy atom. The number of aromatic nitrogens is 4. The number of nitrogens with zero attached hydrogens (tertiary/aromatic N) is 5. The first-order valence-corrected chi connectivity index (χ1v) is 13.5. The number of rotatable bonds is 6. The van der Waals surface area contributed by atoms with E-state index < -0.39 is 10.8 Å². The highest BCUT2D eigenvalue weighted by Gasteiger charge is 2.53. The smallest absolute Gasteiger partial charge is 0.302 e. The van der Waals surface area contributed by atoms with Crippen molar-refractivity contribution < 1.29 is 9.72 Å². The Morgan fingerprint density at radius 2 is 1.78 bits per heavy atom. The maximum absolute atomic E-state index is 13.2. The molecule has 1 aromatic carbocycles. The van der Waals surface area contributed by atoms with E-state index in [1.807, 2.05) is 6.07 Å². The summed E-state index contributed by atoms with van der Waals surface area (Å²) in [7, 11) is 0. The predicted molar refractivity (Wildman–Crippen MR) is 138 cm³/mol. The second kappa shape index (κ2) is 8.85. The molecule has 3 aromatic rings. The molecule has 12 heteroatoms. The summed E-state index contributed by atoms with van der Waals surface area (Å²) < 4.78 is 3.91. The molecule has 0 aliphatic heterocycles. The lowest BCUT2D eigenvalue weighted by Crippen LogP contribution is -2.52. The van der Waals surface area contributed by atoms with Crippen LogP contribution in [0.3, 0.4) is 0 Å². The van der Waals surface area contributed by atoms with Gasteiger partial charge < -0.3 is 5.32 Å². The number of amides is 1. The predicted octanol–water partition coefficient (Wildman–Crippen LogP) is 6.28. The summed E-state index contributed by atoms with van der Waals surface area (Å²) in [6, 6.07) is 5.29.